The molecule has 0 fully saturated rings. The molecular formula is C15H14BrFN4. The Bertz CT molecular complexity index is 870. The average Bonchev–Trinajstić information content (AvgIpc) is 2.68. The molecule has 0 aliphatic rings. The number of halogens is 2. The number of benzene rings is 1. The van der Waals surface area contributed by atoms with E-state index < -0.39 is 0 Å². The summed E-state index contributed by atoms with van der Waals surface area (Å²) in [6.45, 7) is 5.87. The number of nitrogens with two attached hydrogens (primary N) is 1. The van der Waals surface area contributed by atoms with E-state index in [2.05, 4.69) is 25.9 Å². The van der Waals surface area contributed by atoms with E-state index in [-0.39, 0.29) is 5.82 Å². The molecule has 3 aromatic rings. The van der Waals surface area contributed by atoms with Gasteiger partial charge in [0.05, 0.1) is 15.5 Å². The standard InChI is InChI=1S/C15H14BrFN4/c1-7-4-10(16)11(17)5-12(7)21-9(3)8(2)13-14(18)19-6-20-15(13)21/h4-6H,1-3H3,(H2,18,19,20). The van der Waals surface area contributed by atoms with Gasteiger partial charge in [-0.25, -0.2) is 14.4 Å². The molecule has 0 radical (unpaired) electrons. The van der Waals surface area contributed by atoms with Crippen LogP contribution in [0.1, 0.15) is 16.8 Å². The van der Waals surface area contributed by atoms with Crippen LogP contribution in [-0.4, -0.2) is 14.5 Å². The molecule has 1 aromatic carbocycles. The number of aryl methyl sites for hydroxylation is 2. The Hall–Kier alpha value is -1.95. The van der Waals surface area contributed by atoms with Gasteiger partial charge in [-0.3, -0.25) is 4.57 Å². The van der Waals surface area contributed by atoms with Gasteiger partial charge in [0.1, 0.15) is 18.0 Å². The van der Waals surface area contributed by atoms with Gasteiger partial charge in [0.15, 0.2) is 5.65 Å². The molecule has 0 amide bonds. The van der Waals surface area contributed by atoms with E-state index in [0.717, 1.165) is 27.9 Å². The van der Waals surface area contributed by atoms with Crippen molar-refractivity contribution < 1.29 is 4.39 Å². The number of nitrogens with zero attached hydrogens (tertiary/aromatic N) is 3. The summed E-state index contributed by atoms with van der Waals surface area (Å²) in [5, 5.41) is 0.817. The summed E-state index contributed by atoms with van der Waals surface area (Å²) in [5.74, 6) is 0.131. The largest absolute Gasteiger partial charge is 0.383 e. The van der Waals surface area contributed by atoms with E-state index in [1.807, 2.05) is 25.3 Å². The summed E-state index contributed by atoms with van der Waals surface area (Å²) >= 11 is 3.21. The van der Waals surface area contributed by atoms with Gasteiger partial charge in [-0.1, -0.05) is 0 Å². The van der Waals surface area contributed by atoms with Crippen molar-refractivity contribution in [1.82, 2.24) is 14.5 Å². The highest BCUT2D eigenvalue weighted by molar-refractivity contribution is 9.10. The molecule has 2 N–H and O–H groups in total. The zero-order valence-corrected chi connectivity index (χ0v) is 13.5. The molecule has 2 heterocycles. The molecule has 21 heavy (non-hydrogen) atoms. The summed E-state index contributed by atoms with van der Waals surface area (Å²) in [6.07, 6.45) is 1.43. The van der Waals surface area contributed by atoms with Crippen molar-refractivity contribution in [3.05, 3.63) is 45.6 Å². The fourth-order valence-electron chi connectivity index (χ4n) is 2.60. The topological polar surface area (TPSA) is 56.7 Å². The van der Waals surface area contributed by atoms with Crippen LogP contribution in [0.15, 0.2) is 22.9 Å². The molecule has 0 saturated heterocycles. The number of nitrogen functional groups attached to an aromatic ring is 1. The molecular weight excluding hydrogens is 335 g/mol. The van der Waals surface area contributed by atoms with Crippen molar-refractivity contribution in [1.29, 1.82) is 0 Å². The second-order valence-electron chi connectivity index (χ2n) is 5.06. The molecule has 4 nitrogen and oxygen atoms in total. The maximum Gasteiger partial charge on any atom is 0.150 e. The van der Waals surface area contributed by atoms with Crippen molar-refractivity contribution in [3.8, 4) is 5.69 Å². The fraction of sp³-hybridized carbons (Fsp3) is 0.200. The van der Waals surface area contributed by atoms with E-state index >= 15 is 0 Å². The molecule has 0 bridgehead atoms. The van der Waals surface area contributed by atoms with Gasteiger partial charge in [0.25, 0.3) is 0 Å². The highest BCUT2D eigenvalue weighted by atomic mass is 79.9. The molecule has 0 aliphatic heterocycles. The lowest BCUT2D eigenvalue weighted by molar-refractivity contribution is 0.619. The van der Waals surface area contributed by atoms with Crippen molar-refractivity contribution in [2.45, 2.75) is 20.8 Å². The summed E-state index contributed by atoms with van der Waals surface area (Å²) in [4.78, 5) is 8.37. The Morgan fingerprint density at radius 1 is 1.19 bits per heavy atom. The van der Waals surface area contributed by atoms with Crippen molar-refractivity contribution in [2.24, 2.45) is 0 Å². The predicted octanol–water partition coefficient (Wildman–Crippen LogP) is 3.83. The lowest BCUT2D eigenvalue weighted by atomic mass is 10.2. The highest BCUT2D eigenvalue weighted by Crippen LogP contribution is 2.32. The maximum atomic E-state index is 13.9. The summed E-state index contributed by atoms with van der Waals surface area (Å²) in [5.41, 5.74) is 10.3. The van der Waals surface area contributed by atoms with Crippen LogP contribution < -0.4 is 5.73 Å². The van der Waals surface area contributed by atoms with Crippen molar-refractivity contribution in [2.75, 3.05) is 5.73 Å². The first-order valence-electron chi connectivity index (χ1n) is 6.46. The van der Waals surface area contributed by atoms with Crippen LogP contribution >= 0.6 is 15.9 Å². The van der Waals surface area contributed by atoms with Crippen LogP contribution in [0, 0.1) is 26.6 Å². The van der Waals surface area contributed by atoms with Crippen molar-refractivity contribution >= 4 is 32.8 Å². The van der Waals surface area contributed by atoms with Gasteiger partial charge in [0, 0.05) is 5.69 Å². The van der Waals surface area contributed by atoms with Gasteiger partial charge in [-0.05, 0) is 60.0 Å². The normalized spacial score (nSPS) is 11.3. The number of rotatable bonds is 1. The monoisotopic (exact) mass is 348 g/mol. The number of anilines is 1. The Kier molecular flexibility index (Phi) is 3.20. The Morgan fingerprint density at radius 2 is 1.90 bits per heavy atom. The first-order chi connectivity index (χ1) is 9.91. The van der Waals surface area contributed by atoms with E-state index in [0.29, 0.717) is 15.9 Å². The molecule has 0 saturated carbocycles. The predicted molar refractivity (Wildman–Crippen MR) is 85.1 cm³/mol. The first kappa shape index (κ1) is 14.0. The molecule has 2 aromatic heterocycles. The zero-order valence-electron chi connectivity index (χ0n) is 11.9. The van der Waals surface area contributed by atoms with Crippen LogP contribution in [0.25, 0.3) is 16.7 Å². The molecule has 6 heteroatoms. The van der Waals surface area contributed by atoms with E-state index in [4.69, 9.17) is 5.73 Å². The second-order valence-corrected chi connectivity index (χ2v) is 5.91. The van der Waals surface area contributed by atoms with Gasteiger partial charge in [-0.2, -0.15) is 0 Å². The second kappa shape index (κ2) is 4.80. The lowest BCUT2D eigenvalue weighted by Crippen LogP contribution is -2.02. The number of aromatic nitrogens is 3. The average molecular weight is 349 g/mol. The van der Waals surface area contributed by atoms with Gasteiger partial charge in [0.2, 0.25) is 0 Å². The Balaban J connectivity index is 2.44. The van der Waals surface area contributed by atoms with E-state index in [1.165, 1.54) is 12.4 Å². The minimum absolute atomic E-state index is 0.309. The minimum atomic E-state index is -0.309. The van der Waals surface area contributed by atoms with Gasteiger partial charge >= 0.3 is 0 Å². The Labute approximate surface area is 129 Å². The third kappa shape index (κ3) is 2.01. The minimum Gasteiger partial charge on any atom is -0.383 e. The van der Waals surface area contributed by atoms with Gasteiger partial charge in [-0.15, -0.1) is 0 Å². The van der Waals surface area contributed by atoms with Crippen LogP contribution in [-0.2, 0) is 0 Å². The summed E-state index contributed by atoms with van der Waals surface area (Å²) in [7, 11) is 0. The highest BCUT2D eigenvalue weighted by Gasteiger charge is 2.18. The third-order valence-corrected chi connectivity index (χ3v) is 4.41. The molecule has 108 valence electrons. The summed E-state index contributed by atoms with van der Waals surface area (Å²) < 4.78 is 16.3. The fourth-order valence-corrected chi connectivity index (χ4v) is 3.06. The molecule has 0 unspecified atom stereocenters. The first-order valence-corrected chi connectivity index (χ1v) is 7.25. The smallest absolute Gasteiger partial charge is 0.150 e. The van der Waals surface area contributed by atoms with Crippen LogP contribution in [0.3, 0.4) is 0 Å². The quantitative estimate of drug-likeness (QED) is 0.726. The zero-order chi connectivity index (χ0) is 15.3. The van der Waals surface area contributed by atoms with E-state index in [1.54, 1.807) is 6.07 Å². The summed E-state index contributed by atoms with van der Waals surface area (Å²) in [6, 6.07) is 3.26. The van der Waals surface area contributed by atoms with Crippen LogP contribution in [0.5, 0.6) is 0 Å². The van der Waals surface area contributed by atoms with Crippen LogP contribution in [0.2, 0.25) is 0 Å². The Morgan fingerprint density at radius 3 is 2.62 bits per heavy atom. The maximum absolute atomic E-state index is 13.9. The molecule has 3 rings (SSSR count). The SMILES string of the molecule is Cc1cc(Br)c(F)cc1-n1c(C)c(C)c2c(N)ncnc21. The molecule has 0 atom stereocenters. The third-order valence-electron chi connectivity index (χ3n) is 3.80. The van der Waals surface area contributed by atoms with E-state index in [9.17, 15) is 4.39 Å². The number of hydrogen-bond donors (Lipinski definition) is 1. The lowest BCUT2D eigenvalue weighted by Gasteiger charge is -2.12. The molecule has 0 aliphatic carbocycles. The number of hydrogen-bond acceptors (Lipinski definition) is 3. The van der Waals surface area contributed by atoms with Crippen LogP contribution in [0.4, 0.5) is 10.2 Å². The number of fused-ring (bicyclic) bond motifs is 1. The van der Waals surface area contributed by atoms with Gasteiger partial charge < -0.3 is 5.73 Å². The molecule has 0 spiro atoms. The van der Waals surface area contributed by atoms with Crippen molar-refractivity contribution in [3.63, 3.8) is 0 Å².